The van der Waals surface area contributed by atoms with Crippen LogP contribution >= 0.6 is 27.5 Å². The summed E-state index contributed by atoms with van der Waals surface area (Å²) in [5, 5.41) is 12.0. The number of hydrogen-bond donors (Lipinski definition) is 2. The third-order valence-electron chi connectivity index (χ3n) is 2.96. The molecule has 0 fully saturated rings. The molecule has 0 saturated heterocycles. The number of carbonyl (C=O) groups excluding carboxylic acids is 1. The molecule has 0 aliphatic carbocycles. The standard InChI is InChI=1S/C14H17BrClNO3/c1-9(2-5-13(18)19)6-7-17-14(20)10-3-4-12(16)11(15)8-10/h3-4,8-9H,2,5-7H2,1H3,(H,17,20)(H,18,19). The monoisotopic (exact) mass is 361 g/mol. The highest BCUT2D eigenvalue weighted by Gasteiger charge is 2.09. The van der Waals surface area contributed by atoms with Gasteiger partial charge in [0.25, 0.3) is 5.91 Å². The molecule has 20 heavy (non-hydrogen) atoms. The van der Waals surface area contributed by atoms with Crippen molar-refractivity contribution in [2.24, 2.45) is 5.92 Å². The maximum atomic E-state index is 11.9. The Morgan fingerprint density at radius 2 is 2.10 bits per heavy atom. The van der Waals surface area contributed by atoms with Gasteiger partial charge in [0.15, 0.2) is 0 Å². The highest BCUT2D eigenvalue weighted by atomic mass is 79.9. The molecule has 4 nitrogen and oxygen atoms in total. The number of nitrogens with one attached hydrogen (secondary N) is 1. The number of halogens is 2. The lowest BCUT2D eigenvalue weighted by molar-refractivity contribution is -0.137. The van der Waals surface area contributed by atoms with Gasteiger partial charge < -0.3 is 10.4 Å². The minimum absolute atomic E-state index is 0.159. The van der Waals surface area contributed by atoms with Gasteiger partial charge >= 0.3 is 5.97 Å². The molecule has 0 bridgehead atoms. The van der Waals surface area contributed by atoms with Gasteiger partial charge in [-0.15, -0.1) is 0 Å². The summed E-state index contributed by atoms with van der Waals surface area (Å²) in [4.78, 5) is 22.3. The van der Waals surface area contributed by atoms with Crippen LogP contribution in [0.5, 0.6) is 0 Å². The smallest absolute Gasteiger partial charge is 0.303 e. The number of carboxylic acids is 1. The SMILES string of the molecule is CC(CCNC(=O)c1ccc(Cl)c(Br)c1)CCC(=O)O. The van der Waals surface area contributed by atoms with E-state index in [2.05, 4.69) is 21.2 Å². The molecular weight excluding hydrogens is 346 g/mol. The Morgan fingerprint density at radius 3 is 2.70 bits per heavy atom. The van der Waals surface area contributed by atoms with Crippen molar-refractivity contribution in [1.29, 1.82) is 0 Å². The van der Waals surface area contributed by atoms with Crippen LogP contribution in [0.2, 0.25) is 5.02 Å². The van der Waals surface area contributed by atoms with E-state index in [9.17, 15) is 9.59 Å². The molecular formula is C14H17BrClNO3. The lowest BCUT2D eigenvalue weighted by atomic mass is 10.0. The van der Waals surface area contributed by atoms with Crippen molar-refractivity contribution < 1.29 is 14.7 Å². The summed E-state index contributed by atoms with van der Waals surface area (Å²) >= 11 is 9.14. The molecule has 1 atom stereocenters. The molecule has 110 valence electrons. The second-order valence-corrected chi connectivity index (χ2v) is 5.97. The normalized spacial score (nSPS) is 11.9. The van der Waals surface area contributed by atoms with Gasteiger partial charge in [-0.3, -0.25) is 9.59 Å². The predicted molar refractivity (Wildman–Crippen MR) is 82.1 cm³/mol. The molecule has 2 N–H and O–H groups in total. The maximum absolute atomic E-state index is 11.9. The van der Waals surface area contributed by atoms with Crippen molar-refractivity contribution in [2.75, 3.05) is 6.54 Å². The summed E-state index contributed by atoms with van der Waals surface area (Å²) in [6.07, 6.45) is 1.55. The Labute approximate surface area is 131 Å². The number of carbonyl (C=O) groups is 2. The first kappa shape index (κ1) is 17.0. The average molecular weight is 363 g/mol. The van der Waals surface area contributed by atoms with Gasteiger partial charge in [-0.2, -0.15) is 0 Å². The number of benzene rings is 1. The van der Waals surface area contributed by atoms with Crippen molar-refractivity contribution in [2.45, 2.75) is 26.2 Å². The van der Waals surface area contributed by atoms with Gasteiger partial charge in [0, 0.05) is 23.0 Å². The van der Waals surface area contributed by atoms with Crippen LogP contribution in [0.3, 0.4) is 0 Å². The summed E-state index contributed by atoms with van der Waals surface area (Å²) in [5.41, 5.74) is 0.541. The fraction of sp³-hybridized carbons (Fsp3) is 0.429. The number of aliphatic carboxylic acids is 1. The molecule has 0 heterocycles. The largest absolute Gasteiger partial charge is 0.481 e. The summed E-state index contributed by atoms with van der Waals surface area (Å²) < 4.78 is 0.682. The van der Waals surface area contributed by atoms with E-state index in [4.69, 9.17) is 16.7 Å². The van der Waals surface area contributed by atoms with Crippen LogP contribution in [0, 0.1) is 5.92 Å². The first-order valence-electron chi connectivity index (χ1n) is 6.35. The Bertz CT molecular complexity index is 493. The van der Waals surface area contributed by atoms with Gasteiger partial charge in [-0.1, -0.05) is 18.5 Å². The fourth-order valence-corrected chi connectivity index (χ4v) is 2.18. The van der Waals surface area contributed by atoms with Gasteiger partial charge in [0.2, 0.25) is 0 Å². The molecule has 0 saturated carbocycles. The molecule has 1 unspecified atom stereocenters. The Morgan fingerprint density at radius 1 is 1.40 bits per heavy atom. The number of hydrogen-bond acceptors (Lipinski definition) is 2. The van der Waals surface area contributed by atoms with Crippen molar-refractivity contribution in [3.8, 4) is 0 Å². The zero-order valence-corrected chi connectivity index (χ0v) is 13.5. The Balaban J connectivity index is 2.36. The second kappa shape index (κ2) is 8.27. The van der Waals surface area contributed by atoms with Crippen LogP contribution in [0.15, 0.2) is 22.7 Å². The highest BCUT2D eigenvalue weighted by Crippen LogP contribution is 2.23. The fourth-order valence-electron chi connectivity index (χ4n) is 1.69. The van der Waals surface area contributed by atoms with E-state index in [1.165, 1.54) is 0 Å². The molecule has 1 aromatic rings. The van der Waals surface area contributed by atoms with Crippen LogP contribution in [-0.4, -0.2) is 23.5 Å². The van der Waals surface area contributed by atoms with E-state index >= 15 is 0 Å². The zero-order chi connectivity index (χ0) is 15.1. The minimum Gasteiger partial charge on any atom is -0.481 e. The van der Waals surface area contributed by atoms with Gasteiger partial charge in [0.1, 0.15) is 0 Å². The van der Waals surface area contributed by atoms with Crippen LogP contribution in [-0.2, 0) is 4.79 Å². The van der Waals surface area contributed by atoms with E-state index in [1.807, 2.05) is 6.92 Å². The summed E-state index contributed by atoms with van der Waals surface area (Å²) in [6, 6.07) is 5.00. The van der Waals surface area contributed by atoms with Gasteiger partial charge in [-0.05, 0) is 52.9 Å². The Kier molecular flexibility index (Phi) is 7.02. The van der Waals surface area contributed by atoms with E-state index < -0.39 is 5.97 Å². The third-order valence-corrected chi connectivity index (χ3v) is 4.17. The maximum Gasteiger partial charge on any atom is 0.303 e. The van der Waals surface area contributed by atoms with Gasteiger partial charge in [-0.25, -0.2) is 0 Å². The van der Waals surface area contributed by atoms with Crippen molar-refractivity contribution in [3.63, 3.8) is 0 Å². The lowest BCUT2D eigenvalue weighted by Gasteiger charge is -2.11. The molecule has 1 rings (SSSR count). The predicted octanol–water partition coefficient (Wildman–Crippen LogP) is 3.72. The van der Waals surface area contributed by atoms with Crippen molar-refractivity contribution in [3.05, 3.63) is 33.3 Å². The quantitative estimate of drug-likeness (QED) is 0.777. The number of rotatable bonds is 7. The third kappa shape index (κ3) is 5.92. The van der Waals surface area contributed by atoms with Crippen molar-refractivity contribution >= 4 is 39.4 Å². The van der Waals surface area contributed by atoms with E-state index in [0.29, 0.717) is 28.0 Å². The molecule has 0 radical (unpaired) electrons. The topological polar surface area (TPSA) is 66.4 Å². The molecule has 0 aliphatic heterocycles. The second-order valence-electron chi connectivity index (χ2n) is 4.71. The Hall–Kier alpha value is -1.07. The van der Waals surface area contributed by atoms with E-state index in [0.717, 1.165) is 6.42 Å². The highest BCUT2D eigenvalue weighted by molar-refractivity contribution is 9.10. The molecule has 1 aromatic carbocycles. The number of amides is 1. The average Bonchev–Trinajstić information content (AvgIpc) is 2.39. The zero-order valence-electron chi connectivity index (χ0n) is 11.2. The first-order valence-corrected chi connectivity index (χ1v) is 7.52. The van der Waals surface area contributed by atoms with Crippen LogP contribution in [0.1, 0.15) is 36.5 Å². The van der Waals surface area contributed by atoms with Crippen LogP contribution < -0.4 is 5.32 Å². The summed E-state index contributed by atoms with van der Waals surface area (Å²) in [7, 11) is 0. The molecule has 6 heteroatoms. The molecule has 0 aliphatic rings. The molecule has 0 aromatic heterocycles. The summed E-state index contributed by atoms with van der Waals surface area (Å²) in [6.45, 7) is 2.51. The van der Waals surface area contributed by atoms with Crippen LogP contribution in [0.25, 0.3) is 0 Å². The van der Waals surface area contributed by atoms with E-state index in [1.54, 1.807) is 18.2 Å². The van der Waals surface area contributed by atoms with E-state index in [-0.39, 0.29) is 18.2 Å². The minimum atomic E-state index is -0.785. The molecule has 0 spiro atoms. The number of carboxylic acid groups (broad SMARTS) is 1. The lowest BCUT2D eigenvalue weighted by Crippen LogP contribution is -2.25. The molecule has 1 amide bonds. The van der Waals surface area contributed by atoms with Crippen molar-refractivity contribution in [1.82, 2.24) is 5.32 Å². The van der Waals surface area contributed by atoms with Crippen LogP contribution in [0.4, 0.5) is 0 Å². The van der Waals surface area contributed by atoms with Gasteiger partial charge in [0.05, 0.1) is 5.02 Å². The first-order chi connectivity index (χ1) is 9.40. The summed E-state index contributed by atoms with van der Waals surface area (Å²) in [5.74, 6) is -0.678.